The van der Waals surface area contributed by atoms with Gasteiger partial charge in [0, 0.05) is 31.9 Å². The molecule has 1 aliphatic rings. The van der Waals surface area contributed by atoms with Crippen LogP contribution in [0, 0.1) is 0 Å². The summed E-state index contributed by atoms with van der Waals surface area (Å²) in [4.78, 5) is 38.5. The molecule has 6 nitrogen and oxygen atoms in total. The first-order valence-corrected chi connectivity index (χ1v) is 6.18. The molecule has 0 aliphatic carbocycles. The van der Waals surface area contributed by atoms with Gasteiger partial charge in [0.25, 0.3) is 5.56 Å². The molecule has 0 saturated carbocycles. The highest BCUT2D eigenvalue weighted by molar-refractivity contribution is 5.86. The van der Waals surface area contributed by atoms with Crippen molar-refractivity contribution in [1.82, 2.24) is 14.4 Å². The molecule has 0 bridgehead atoms. The maximum atomic E-state index is 12.1. The van der Waals surface area contributed by atoms with Crippen molar-refractivity contribution in [2.45, 2.75) is 19.5 Å². The van der Waals surface area contributed by atoms with Crippen molar-refractivity contribution in [1.29, 1.82) is 0 Å². The average Bonchev–Trinajstić information content (AvgIpc) is 2.38. The summed E-state index contributed by atoms with van der Waals surface area (Å²) >= 11 is 0. The zero-order valence-electron chi connectivity index (χ0n) is 11.1. The second-order valence-electron chi connectivity index (χ2n) is 4.79. The lowest BCUT2D eigenvalue weighted by molar-refractivity contribution is -0.147. The Kier molecular flexibility index (Phi) is 3.69. The monoisotopic (exact) mass is 263 g/mol. The van der Waals surface area contributed by atoms with Crippen molar-refractivity contribution in [2.75, 3.05) is 20.1 Å². The predicted octanol–water partition coefficient (Wildman–Crippen LogP) is -0.463. The molecule has 19 heavy (non-hydrogen) atoms. The minimum absolute atomic E-state index is 0.00213. The van der Waals surface area contributed by atoms with Crippen molar-refractivity contribution >= 4 is 11.8 Å². The molecule has 0 N–H and O–H groups in total. The Morgan fingerprint density at radius 2 is 2.11 bits per heavy atom. The molecule has 1 atom stereocenters. The van der Waals surface area contributed by atoms with Crippen molar-refractivity contribution in [3.05, 3.63) is 34.7 Å². The van der Waals surface area contributed by atoms with Gasteiger partial charge in [-0.1, -0.05) is 6.07 Å². The van der Waals surface area contributed by atoms with Crippen LogP contribution in [0.4, 0.5) is 0 Å². The van der Waals surface area contributed by atoms with Crippen LogP contribution in [-0.2, 0) is 16.1 Å². The molecule has 6 heteroatoms. The summed E-state index contributed by atoms with van der Waals surface area (Å²) < 4.78 is 1.34. The third-order valence-electron chi connectivity index (χ3n) is 3.42. The van der Waals surface area contributed by atoms with Crippen molar-refractivity contribution in [3.63, 3.8) is 0 Å². The fourth-order valence-corrected chi connectivity index (χ4v) is 2.05. The van der Waals surface area contributed by atoms with Crippen LogP contribution < -0.4 is 5.56 Å². The number of amides is 2. The highest BCUT2D eigenvalue weighted by Gasteiger charge is 2.29. The van der Waals surface area contributed by atoms with Crippen molar-refractivity contribution in [2.24, 2.45) is 0 Å². The fraction of sp³-hybridized carbons (Fsp3) is 0.462. The predicted molar refractivity (Wildman–Crippen MR) is 69.5 cm³/mol. The van der Waals surface area contributed by atoms with Crippen LogP contribution in [0.5, 0.6) is 0 Å². The van der Waals surface area contributed by atoms with Gasteiger partial charge in [0.2, 0.25) is 11.8 Å². The molecule has 1 fully saturated rings. The minimum atomic E-state index is -0.218. The van der Waals surface area contributed by atoms with Crippen LogP contribution in [0.2, 0.25) is 0 Å². The number of carbonyl (C=O) groups excluding carboxylic acids is 2. The van der Waals surface area contributed by atoms with E-state index < -0.39 is 0 Å². The van der Waals surface area contributed by atoms with Crippen LogP contribution in [0.3, 0.4) is 0 Å². The number of likely N-dealkylation sites (N-methyl/N-ethyl adjacent to an activating group) is 1. The number of piperazine rings is 1. The largest absolute Gasteiger partial charge is 0.340 e. The molecule has 0 radical (unpaired) electrons. The Labute approximate surface area is 111 Å². The molecule has 2 amide bonds. The van der Waals surface area contributed by atoms with Crippen LogP contribution in [0.15, 0.2) is 29.2 Å². The summed E-state index contributed by atoms with van der Waals surface area (Å²) in [5.74, 6) is -0.283. The molecular formula is C13H17N3O3. The zero-order chi connectivity index (χ0) is 14.0. The highest BCUT2D eigenvalue weighted by atomic mass is 16.2. The quantitative estimate of drug-likeness (QED) is 0.725. The third-order valence-corrected chi connectivity index (χ3v) is 3.42. The van der Waals surface area contributed by atoms with E-state index in [1.54, 1.807) is 30.3 Å². The van der Waals surface area contributed by atoms with Crippen molar-refractivity contribution < 1.29 is 9.59 Å². The summed E-state index contributed by atoms with van der Waals surface area (Å²) in [7, 11) is 1.73. The molecular weight excluding hydrogens is 246 g/mol. The van der Waals surface area contributed by atoms with Gasteiger partial charge < -0.3 is 14.4 Å². The molecule has 1 aromatic heterocycles. The van der Waals surface area contributed by atoms with Gasteiger partial charge in [-0.15, -0.1) is 0 Å². The van der Waals surface area contributed by atoms with Gasteiger partial charge >= 0.3 is 0 Å². The summed E-state index contributed by atoms with van der Waals surface area (Å²) in [6.07, 6.45) is 1.57. The number of nitrogens with zero attached hydrogens (tertiary/aromatic N) is 3. The fourth-order valence-electron chi connectivity index (χ4n) is 2.05. The number of carbonyl (C=O) groups is 2. The smallest absolute Gasteiger partial charge is 0.250 e. The Bertz CT molecular complexity index is 552. The molecule has 1 aliphatic heterocycles. The van der Waals surface area contributed by atoms with E-state index in [0.717, 1.165) is 0 Å². The lowest BCUT2D eigenvalue weighted by Gasteiger charge is -2.37. The molecule has 0 unspecified atom stereocenters. The van der Waals surface area contributed by atoms with Gasteiger partial charge in [-0.05, 0) is 13.0 Å². The molecule has 1 aromatic rings. The Balaban J connectivity index is 2.07. The van der Waals surface area contributed by atoms with E-state index in [4.69, 9.17) is 0 Å². The summed E-state index contributed by atoms with van der Waals surface area (Å²) in [6, 6.07) is 4.74. The number of hydrogen-bond donors (Lipinski definition) is 0. The van der Waals surface area contributed by atoms with E-state index in [1.165, 1.54) is 15.5 Å². The topological polar surface area (TPSA) is 62.6 Å². The van der Waals surface area contributed by atoms with Crippen LogP contribution in [0.1, 0.15) is 6.92 Å². The second-order valence-corrected chi connectivity index (χ2v) is 4.79. The Hall–Kier alpha value is -2.11. The van der Waals surface area contributed by atoms with E-state index in [1.807, 2.05) is 6.92 Å². The SMILES string of the molecule is C[C@H]1CN(C(=O)Cn2ccccc2=O)CC(=O)N1C. The van der Waals surface area contributed by atoms with E-state index in [9.17, 15) is 14.4 Å². The summed E-state index contributed by atoms with van der Waals surface area (Å²) in [6.45, 7) is 2.46. The number of rotatable bonds is 2. The van der Waals surface area contributed by atoms with Crippen LogP contribution in [-0.4, -0.2) is 52.4 Å². The van der Waals surface area contributed by atoms with E-state index in [2.05, 4.69) is 0 Å². The third kappa shape index (κ3) is 2.83. The van der Waals surface area contributed by atoms with E-state index in [-0.39, 0.29) is 36.5 Å². The molecule has 1 saturated heterocycles. The van der Waals surface area contributed by atoms with E-state index >= 15 is 0 Å². The highest BCUT2D eigenvalue weighted by Crippen LogP contribution is 2.08. The Morgan fingerprint density at radius 1 is 1.37 bits per heavy atom. The number of hydrogen-bond acceptors (Lipinski definition) is 3. The lowest BCUT2D eigenvalue weighted by Crippen LogP contribution is -2.56. The lowest BCUT2D eigenvalue weighted by atomic mass is 10.2. The van der Waals surface area contributed by atoms with E-state index in [0.29, 0.717) is 6.54 Å². The van der Waals surface area contributed by atoms with Gasteiger partial charge in [-0.3, -0.25) is 14.4 Å². The first-order valence-electron chi connectivity index (χ1n) is 6.18. The molecule has 2 rings (SSSR count). The van der Waals surface area contributed by atoms with Gasteiger partial charge in [-0.2, -0.15) is 0 Å². The number of aromatic nitrogens is 1. The van der Waals surface area contributed by atoms with Gasteiger partial charge in [0.15, 0.2) is 0 Å². The molecule has 0 aromatic carbocycles. The van der Waals surface area contributed by atoms with Crippen molar-refractivity contribution in [3.8, 4) is 0 Å². The summed E-state index contributed by atoms with van der Waals surface area (Å²) in [5.41, 5.74) is -0.218. The van der Waals surface area contributed by atoms with Crippen LogP contribution in [0.25, 0.3) is 0 Å². The first kappa shape index (κ1) is 13.3. The average molecular weight is 263 g/mol. The first-order chi connectivity index (χ1) is 8.99. The summed E-state index contributed by atoms with van der Waals surface area (Å²) in [5, 5.41) is 0. The maximum Gasteiger partial charge on any atom is 0.250 e. The zero-order valence-corrected chi connectivity index (χ0v) is 11.1. The molecule has 102 valence electrons. The number of pyridine rings is 1. The second kappa shape index (κ2) is 5.26. The minimum Gasteiger partial charge on any atom is -0.340 e. The van der Waals surface area contributed by atoms with Gasteiger partial charge in [0.05, 0.1) is 6.54 Å². The maximum absolute atomic E-state index is 12.1. The Morgan fingerprint density at radius 3 is 2.74 bits per heavy atom. The van der Waals surface area contributed by atoms with Crippen LogP contribution >= 0.6 is 0 Å². The van der Waals surface area contributed by atoms with Gasteiger partial charge in [0.1, 0.15) is 6.54 Å². The molecule has 0 spiro atoms. The van der Waals surface area contributed by atoms with Gasteiger partial charge in [-0.25, -0.2) is 0 Å². The normalized spacial score (nSPS) is 19.7. The molecule has 2 heterocycles. The standard InChI is InChI=1S/C13H17N3O3/c1-10-7-16(8-12(18)14(10)2)13(19)9-15-6-4-3-5-11(15)17/h3-6,10H,7-9H2,1-2H3/t10-/m0/s1.